The first kappa shape index (κ1) is 20.3. The summed E-state index contributed by atoms with van der Waals surface area (Å²) < 4.78 is 0. The summed E-state index contributed by atoms with van der Waals surface area (Å²) in [4.78, 5) is 29.0. The number of benzene rings is 1. The molecule has 0 aliphatic heterocycles. The third-order valence-corrected chi connectivity index (χ3v) is 5.28. The van der Waals surface area contributed by atoms with Crippen LogP contribution in [-0.2, 0) is 6.42 Å². The SMILES string of the molecule is O=C(NCCc1cccc(Cl)c1)c1cncc(C(=O)NC2CCCCCC2)c1. The van der Waals surface area contributed by atoms with Crippen molar-refractivity contribution in [2.75, 3.05) is 6.54 Å². The van der Waals surface area contributed by atoms with Gasteiger partial charge < -0.3 is 10.6 Å². The first-order valence-corrected chi connectivity index (χ1v) is 10.3. The van der Waals surface area contributed by atoms with Gasteiger partial charge in [-0.2, -0.15) is 0 Å². The van der Waals surface area contributed by atoms with E-state index in [1.807, 2.05) is 24.3 Å². The van der Waals surface area contributed by atoms with Crippen LogP contribution in [0.25, 0.3) is 0 Å². The van der Waals surface area contributed by atoms with Crippen LogP contribution in [-0.4, -0.2) is 29.4 Å². The van der Waals surface area contributed by atoms with Crippen molar-refractivity contribution in [1.29, 1.82) is 0 Å². The van der Waals surface area contributed by atoms with Gasteiger partial charge in [0.1, 0.15) is 0 Å². The molecule has 1 aromatic carbocycles. The summed E-state index contributed by atoms with van der Waals surface area (Å²) in [6.45, 7) is 0.484. The maximum atomic E-state index is 12.5. The van der Waals surface area contributed by atoms with E-state index < -0.39 is 0 Å². The highest BCUT2D eigenvalue weighted by molar-refractivity contribution is 6.30. The van der Waals surface area contributed by atoms with Crippen LogP contribution in [0.1, 0.15) is 64.8 Å². The molecule has 1 fully saturated rings. The molecule has 2 amide bonds. The summed E-state index contributed by atoms with van der Waals surface area (Å²) in [5.41, 5.74) is 1.87. The van der Waals surface area contributed by atoms with E-state index in [4.69, 9.17) is 11.6 Å². The predicted molar refractivity (Wildman–Crippen MR) is 111 cm³/mol. The molecule has 0 spiro atoms. The number of nitrogens with one attached hydrogen (secondary N) is 2. The number of hydrogen-bond acceptors (Lipinski definition) is 3. The second-order valence-corrected chi connectivity index (χ2v) is 7.70. The van der Waals surface area contributed by atoms with Gasteiger partial charge in [0.15, 0.2) is 0 Å². The summed E-state index contributed by atoms with van der Waals surface area (Å²) in [5.74, 6) is -0.397. The van der Waals surface area contributed by atoms with Gasteiger partial charge in [-0.15, -0.1) is 0 Å². The second kappa shape index (κ2) is 10.2. The van der Waals surface area contributed by atoms with E-state index in [1.54, 1.807) is 6.07 Å². The van der Waals surface area contributed by atoms with Crippen molar-refractivity contribution in [3.63, 3.8) is 0 Å². The van der Waals surface area contributed by atoms with Crippen molar-refractivity contribution >= 4 is 23.4 Å². The first-order chi connectivity index (χ1) is 13.6. The van der Waals surface area contributed by atoms with Gasteiger partial charge in [-0.05, 0) is 43.0 Å². The third kappa shape index (κ3) is 6.06. The van der Waals surface area contributed by atoms with E-state index in [2.05, 4.69) is 15.6 Å². The van der Waals surface area contributed by atoms with Crippen molar-refractivity contribution in [2.45, 2.75) is 51.0 Å². The molecule has 1 saturated carbocycles. The number of pyridine rings is 1. The topological polar surface area (TPSA) is 71.1 Å². The Morgan fingerprint density at radius 3 is 2.43 bits per heavy atom. The Morgan fingerprint density at radius 2 is 1.71 bits per heavy atom. The maximum absolute atomic E-state index is 12.5. The van der Waals surface area contributed by atoms with Gasteiger partial charge in [-0.3, -0.25) is 14.6 Å². The Morgan fingerprint density at radius 1 is 1.00 bits per heavy atom. The number of nitrogens with zero attached hydrogens (tertiary/aromatic N) is 1. The number of amides is 2. The van der Waals surface area contributed by atoms with Crippen molar-refractivity contribution in [3.8, 4) is 0 Å². The van der Waals surface area contributed by atoms with Crippen LogP contribution in [0.2, 0.25) is 5.02 Å². The van der Waals surface area contributed by atoms with Crippen LogP contribution in [0.3, 0.4) is 0 Å². The minimum absolute atomic E-state index is 0.159. The highest BCUT2D eigenvalue weighted by Gasteiger charge is 2.17. The molecule has 0 unspecified atom stereocenters. The molecular weight excluding hydrogens is 374 g/mol. The fourth-order valence-electron chi connectivity index (χ4n) is 3.50. The fraction of sp³-hybridized carbons (Fsp3) is 0.409. The normalized spacial score (nSPS) is 14.9. The van der Waals surface area contributed by atoms with Crippen molar-refractivity contribution in [2.24, 2.45) is 0 Å². The summed E-state index contributed by atoms with van der Waals surface area (Å²) >= 11 is 5.97. The highest BCUT2D eigenvalue weighted by atomic mass is 35.5. The molecule has 1 heterocycles. The second-order valence-electron chi connectivity index (χ2n) is 7.26. The van der Waals surface area contributed by atoms with Gasteiger partial charge in [0.05, 0.1) is 11.1 Å². The Bertz CT molecular complexity index is 817. The third-order valence-electron chi connectivity index (χ3n) is 5.04. The zero-order valence-electron chi connectivity index (χ0n) is 15.9. The molecule has 3 rings (SSSR count). The monoisotopic (exact) mass is 399 g/mol. The lowest BCUT2D eigenvalue weighted by atomic mass is 10.1. The summed E-state index contributed by atoms with van der Waals surface area (Å²) in [6.07, 6.45) is 10.5. The largest absolute Gasteiger partial charge is 0.352 e. The number of rotatable bonds is 6. The van der Waals surface area contributed by atoms with Crippen LogP contribution < -0.4 is 10.6 Å². The molecule has 0 radical (unpaired) electrons. The molecule has 28 heavy (non-hydrogen) atoms. The Balaban J connectivity index is 1.54. The number of hydrogen-bond donors (Lipinski definition) is 2. The van der Waals surface area contributed by atoms with Gasteiger partial charge in [-0.1, -0.05) is 49.4 Å². The van der Waals surface area contributed by atoms with Gasteiger partial charge >= 0.3 is 0 Å². The minimum Gasteiger partial charge on any atom is -0.352 e. The first-order valence-electron chi connectivity index (χ1n) is 9.90. The molecule has 1 aliphatic rings. The molecule has 5 nitrogen and oxygen atoms in total. The Kier molecular flexibility index (Phi) is 7.43. The lowest BCUT2D eigenvalue weighted by Crippen LogP contribution is -2.34. The molecule has 6 heteroatoms. The van der Waals surface area contributed by atoms with E-state index in [0.717, 1.165) is 31.2 Å². The van der Waals surface area contributed by atoms with Crippen LogP contribution in [0.15, 0.2) is 42.7 Å². The van der Waals surface area contributed by atoms with Crippen LogP contribution in [0.4, 0.5) is 0 Å². The fourth-order valence-corrected chi connectivity index (χ4v) is 3.71. The van der Waals surface area contributed by atoms with Gasteiger partial charge in [0.2, 0.25) is 0 Å². The average molecular weight is 400 g/mol. The van der Waals surface area contributed by atoms with Crippen LogP contribution in [0.5, 0.6) is 0 Å². The highest BCUT2D eigenvalue weighted by Crippen LogP contribution is 2.17. The zero-order valence-corrected chi connectivity index (χ0v) is 16.7. The number of carbonyl (C=O) groups is 2. The molecule has 2 aromatic rings. The summed E-state index contributed by atoms with van der Waals surface area (Å²) in [7, 11) is 0. The van der Waals surface area contributed by atoms with E-state index in [9.17, 15) is 9.59 Å². The number of aromatic nitrogens is 1. The van der Waals surface area contributed by atoms with Crippen LogP contribution >= 0.6 is 11.6 Å². The quantitative estimate of drug-likeness (QED) is 0.716. The van der Waals surface area contributed by atoms with Gasteiger partial charge in [0, 0.05) is 30.0 Å². The molecule has 1 aromatic heterocycles. The van der Waals surface area contributed by atoms with Gasteiger partial charge in [0.25, 0.3) is 11.8 Å². The van der Waals surface area contributed by atoms with E-state index in [-0.39, 0.29) is 17.9 Å². The summed E-state index contributed by atoms with van der Waals surface area (Å²) in [6, 6.07) is 9.38. The summed E-state index contributed by atoms with van der Waals surface area (Å²) in [5, 5.41) is 6.64. The predicted octanol–water partition coefficient (Wildman–Crippen LogP) is 4.16. The van der Waals surface area contributed by atoms with E-state index in [1.165, 1.54) is 25.2 Å². The van der Waals surface area contributed by atoms with Crippen molar-refractivity contribution in [3.05, 3.63) is 64.4 Å². The minimum atomic E-state index is -0.237. The molecule has 0 saturated heterocycles. The molecule has 0 atom stereocenters. The maximum Gasteiger partial charge on any atom is 0.253 e. The smallest absolute Gasteiger partial charge is 0.253 e. The molecule has 0 bridgehead atoms. The van der Waals surface area contributed by atoms with Crippen molar-refractivity contribution < 1.29 is 9.59 Å². The van der Waals surface area contributed by atoms with Crippen molar-refractivity contribution in [1.82, 2.24) is 15.6 Å². The van der Waals surface area contributed by atoms with Crippen LogP contribution in [0, 0.1) is 0 Å². The Labute approximate surface area is 170 Å². The standard InChI is InChI=1S/C22H26ClN3O2/c23-19-7-5-6-16(12-19)10-11-25-21(27)17-13-18(15-24-14-17)22(28)26-20-8-3-1-2-4-9-20/h5-7,12-15,20H,1-4,8-11H2,(H,25,27)(H,26,28). The molecule has 1 aliphatic carbocycles. The Hall–Kier alpha value is -2.40. The molecule has 148 valence electrons. The molecule has 2 N–H and O–H groups in total. The molecular formula is C22H26ClN3O2. The average Bonchev–Trinajstić information content (AvgIpc) is 2.97. The number of carbonyl (C=O) groups excluding carboxylic acids is 2. The zero-order chi connectivity index (χ0) is 19.8. The number of halogens is 1. The van der Waals surface area contributed by atoms with E-state index >= 15 is 0 Å². The van der Waals surface area contributed by atoms with Gasteiger partial charge in [-0.25, -0.2) is 0 Å². The lowest BCUT2D eigenvalue weighted by Gasteiger charge is -2.16. The van der Waals surface area contributed by atoms with E-state index in [0.29, 0.717) is 29.1 Å². The lowest BCUT2D eigenvalue weighted by molar-refractivity contribution is 0.0933.